The fourth-order valence-electron chi connectivity index (χ4n) is 1.02. The maximum Gasteiger partial charge on any atom is 0.0500 e. The molecule has 0 aliphatic carbocycles. The van der Waals surface area contributed by atoms with Gasteiger partial charge in [-0.05, 0) is 29.9 Å². The molecule has 0 spiro atoms. The lowest BCUT2D eigenvalue weighted by Gasteiger charge is -2.01. The lowest BCUT2D eigenvalue weighted by atomic mass is 10.0. The van der Waals surface area contributed by atoms with E-state index in [0.717, 1.165) is 12.1 Å². The summed E-state index contributed by atoms with van der Waals surface area (Å²) in [5, 5.41) is 0. The first-order valence-electron chi connectivity index (χ1n) is 4.44. The van der Waals surface area contributed by atoms with Crippen LogP contribution in [0.5, 0.6) is 0 Å². The zero-order valence-corrected chi connectivity index (χ0v) is 7.96. The first-order valence-corrected chi connectivity index (χ1v) is 4.44. The Hall–Kier alpha value is -1.07. The summed E-state index contributed by atoms with van der Waals surface area (Å²) < 4.78 is 0. The number of hydrogen-bond acceptors (Lipinski definition) is 1. The summed E-state index contributed by atoms with van der Waals surface area (Å²) in [6.07, 6.45) is 7.14. The Morgan fingerprint density at radius 1 is 1.42 bits per heavy atom. The molecule has 0 saturated carbocycles. The Bertz CT molecular complexity index is 273. The van der Waals surface area contributed by atoms with Crippen molar-refractivity contribution in [2.75, 3.05) is 0 Å². The van der Waals surface area contributed by atoms with Crippen molar-refractivity contribution in [1.29, 1.82) is 0 Å². The molecule has 0 aromatic carbocycles. The van der Waals surface area contributed by atoms with Crippen LogP contribution in [0.15, 0.2) is 34.5 Å². The molecule has 0 aromatic rings. The third-order valence-corrected chi connectivity index (χ3v) is 1.94. The van der Waals surface area contributed by atoms with Gasteiger partial charge < -0.3 is 0 Å². The Morgan fingerprint density at radius 3 is 2.75 bits per heavy atom. The van der Waals surface area contributed by atoms with Gasteiger partial charge in [0.1, 0.15) is 0 Å². The summed E-state index contributed by atoms with van der Waals surface area (Å²) in [5.74, 6) is 3.50. The molecule has 1 rings (SSSR count). The van der Waals surface area contributed by atoms with Gasteiger partial charge in [0.15, 0.2) is 0 Å². The summed E-state index contributed by atoms with van der Waals surface area (Å²) in [6, 6.07) is 0. The Kier molecular flexibility index (Phi) is 3.07. The van der Waals surface area contributed by atoms with E-state index in [2.05, 4.69) is 43.8 Å². The summed E-state index contributed by atoms with van der Waals surface area (Å²) >= 11 is 0. The molecule has 0 atom stereocenters. The second-order valence-electron chi connectivity index (χ2n) is 3.22. The van der Waals surface area contributed by atoms with Gasteiger partial charge in [-0.3, -0.25) is 0 Å². The minimum Gasteiger partial charge on any atom is -0.211 e. The predicted molar refractivity (Wildman–Crippen MR) is 53.3 cm³/mol. The number of aliphatic imine (C=N–C) groups is 1. The second-order valence-corrected chi connectivity index (χ2v) is 3.22. The van der Waals surface area contributed by atoms with E-state index in [4.69, 9.17) is 0 Å². The van der Waals surface area contributed by atoms with Crippen molar-refractivity contribution in [2.45, 2.75) is 27.2 Å². The van der Waals surface area contributed by atoms with Crippen LogP contribution in [-0.2, 0) is 0 Å². The van der Waals surface area contributed by atoms with E-state index < -0.39 is 0 Å². The van der Waals surface area contributed by atoms with Crippen LogP contribution in [0.1, 0.15) is 27.2 Å². The van der Waals surface area contributed by atoms with Crippen molar-refractivity contribution in [1.82, 2.24) is 0 Å². The van der Waals surface area contributed by atoms with Gasteiger partial charge in [0.25, 0.3) is 0 Å². The van der Waals surface area contributed by atoms with E-state index in [1.54, 1.807) is 0 Å². The average Bonchev–Trinajstić information content (AvgIpc) is 2.28. The molecular weight excluding hydrogens is 146 g/mol. The largest absolute Gasteiger partial charge is 0.211 e. The lowest BCUT2D eigenvalue weighted by molar-refractivity contribution is 0.793. The molecule has 1 aliphatic heterocycles. The smallest absolute Gasteiger partial charge is 0.0500 e. The first-order chi connectivity index (χ1) is 5.74. The predicted octanol–water partition coefficient (Wildman–Crippen LogP) is 3.10. The van der Waals surface area contributed by atoms with Crippen molar-refractivity contribution < 1.29 is 0 Å². The highest BCUT2D eigenvalue weighted by molar-refractivity contribution is 5.61. The SMILES string of the molecule is CCC1=CC=C(C(C)C)C=C=N1. The standard InChI is InChI=1S/C11H15N/c1-4-11-6-5-10(9(2)3)7-8-12-11/h5-7,9H,4H2,1-3H3. The maximum absolute atomic E-state index is 4.18. The van der Waals surface area contributed by atoms with E-state index in [9.17, 15) is 0 Å². The van der Waals surface area contributed by atoms with Crippen molar-refractivity contribution in [2.24, 2.45) is 10.9 Å². The quantitative estimate of drug-likeness (QED) is 0.590. The van der Waals surface area contributed by atoms with Crippen LogP contribution in [0.25, 0.3) is 0 Å². The van der Waals surface area contributed by atoms with Crippen LogP contribution in [-0.4, -0.2) is 5.87 Å². The van der Waals surface area contributed by atoms with Crippen LogP contribution in [0.3, 0.4) is 0 Å². The highest BCUT2D eigenvalue weighted by Crippen LogP contribution is 2.13. The van der Waals surface area contributed by atoms with Crippen molar-refractivity contribution in [3.8, 4) is 0 Å². The number of hydrogen-bond donors (Lipinski definition) is 0. The number of rotatable bonds is 2. The average molecular weight is 161 g/mol. The first kappa shape index (κ1) is 9.02. The monoisotopic (exact) mass is 161 g/mol. The molecule has 0 saturated heterocycles. The molecule has 0 N–H and O–H groups in total. The molecule has 0 aromatic heterocycles. The minimum absolute atomic E-state index is 0.556. The molecule has 0 radical (unpaired) electrons. The summed E-state index contributed by atoms with van der Waals surface area (Å²) in [7, 11) is 0. The van der Waals surface area contributed by atoms with Crippen molar-refractivity contribution >= 4 is 5.87 Å². The van der Waals surface area contributed by atoms with Gasteiger partial charge >= 0.3 is 0 Å². The van der Waals surface area contributed by atoms with Crippen LogP contribution < -0.4 is 0 Å². The van der Waals surface area contributed by atoms with E-state index in [1.807, 2.05) is 6.08 Å². The second kappa shape index (κ2) is 4.08. The Morgan fingerprint density at radius 2 is 2.17 bits per heavy atom. The van der Waals surface area contributed by atoms with Gasteiger partial charge in [-0.1, -0.05) is 26.8 Å². The number of nitrogens with zero attached hydrogens (tertiary/aromatic N) is 1. The van der Waals surface area contributed by atoms with Crippen LogP contribution in [0.4, 0.5) is 0 Å². The van der Waals surface area contributed by atoms with Gasteiger partial charge in [0, 0.05) is 6.08 Å². The Labute approximate surface area is 74.2 Å². The highest BCUT2D eigenvalue weighted by Gasteiger charge is 1.99. The molecule has 0 bridgehead atoms. The number of allylic oxidation sites excluding steroid dienone is 5. The molecule has 0 amide bonds. The molecule has 64 valence electrons. The van der Waals surface area contributed by atoms with Crippen LogP contribution in [0, 0.1) is 5.92 Å². The van der Waals surface area contributed by atoms with E-state index in [1.165, 1.54) is 5.57 Å². The molecule has 1 heteroatoms. The summed E-state index contributed by atoms with van der Waals surface area (Å²) in [6.45, 7) is 6.45. The van der Waals surface area contributed by atoms with E-state index >= 15 is 0 Å². The van der Waals surface area contributed by atoms with Crippen LogP contribution >= 0.6 is 0 Å². The third kappa shape index (κ3) is 2.21. The van der Waals surface area contributed by atoms with Gasteiger partial charge in [-0.25, -0.2) is 4.99 Å². The van der Waals surface area contributed by atoms with Crippen LogP contribution in [0.2, 0.25) is 0 Å². The zero-order chi connectivity index (χ0) is 8.97. The fourth-order valence-corrected chi connectivity index (χ4v) is 1.02. The van der Waals surface area contributed by atoms with Gasteiger partial charge in [-0.15, -0.1) is 0 Å². The van der Waals surface area contributed by atoms with Crippen molar-refractivity contribution in [3.05, 3.63) is 29.5 Å². The molecule has 1 nitrogen and oxygen atoms in total. The normalized spacial score (nSPS) is 16.0. The lowest BCUT2D eigenvalue weighted by Crippen LogP contribution is -1.88. The zero-order valence-electron chi connectivity index (χ0n) is 7.96. The van der Waals surface area contributed by atoms with E-state index in [-0.39, 0.29) is 0 Å². The van der Waals surface area contributed by atoms with E-state index in [0.29, 0.717) is 5.92 Å². The molecule has 12 heavy (non-hydrogen) atoms. The van der Waals surface area contributed by atoms with Gasteiger partial charge in [0.05, 0.1) is 5.70 Å². The summed E-state index contributed by atoms with van der Waals surface area (Å²) in [5.41, 5.74) is 2.39. The minimum atomic E-state index is 0.556. The van der Waals surface area contributed by atoms with Gasteiger partial charge in [-0.2, -0.15) is 0 Å². The Balaban J connectivity index is 2.90. The maximum atomic E-state index is 4.18. The van der Waals surface area contributed by atoms with Crippen molar-refractivity contribution in [3.63, 3.8) is 0 Å². The highest BCUT2D eigenvalue weighted by atomic mass is 14.7. The molecular formula is C11H15N. The topological polar surface area (TPSA) is 12.4 Å². The fraction of sp³-hybridized carbons (Fsp3) is 0.455. The van der Waals surface area contributed by atoms with Gasteiger partial charge in [0.2, 0.25) is 0 Å². The molecule has 1 heterocycles. The summed E-state index contributed by atoms with van der Waals surface area (Å²) in [4.78, 5) is 4.18. The molecule has 0 unspecified atom stereocenters. The molecule has 1 aliphatic rings. The molecule has 0 fully saturated rings. The third-order valence-electron chi connectivity index (χ3n) is 1.94.